The van der Waals surface area contributed by atoms with Crippen LogP contribution in [0.15, 0.2) is 24.3 Å². The summed E-state index contributed by atoms with van der Waals surface area (Å²) in [5, 5.41) is 3.55. The second kappa shape index (κ2) is 6.91. The fourth-order valence-electron chi connectivity index (χ4n) is 2.73. The van der Waals surface area contributed by atoms with Crippen molar-refractivity contribution >= 4 is 0 Å². The van der Waals surface area contributed by atoms with Gasteiger partial charge in [-0.2, -0.15) is 0 Å². The number of rotatable bonds is 6. The fraction of sp³-hybridized carbons (Fsp3) is 0.625. The lowest BCUT2D eigenvalue weighted by Crippen LogP contribution is -2.26. The minimum Gasteiger partial charge on any atom is -0.316 e. The molecule has 1 unspecified atom stereocenters. The van der Waals surface area contributed by atoms with Crippen molar-refractivity contribution in [1.82, 2.24) is 10.2 Å². The van der Waals surface area contributed by atoms with E-state index in [2.05, 4.69) is 48.3 Å². The maximum absolute atomic E-state index is 3.55. The van der Waals surface area contributed by atoms with Crippen LogP contribution in [0.25, 0.3) is 0 Å². The molecular formula is C16H26N2. The number of likely N-dealkylation sites (tertiary alicyclic amines) is 1. The Hall–Kier alpha value is -0.860. The van der Waals surface area contributed by atoms with Crippen LogP contribution in [0.3, 0.4) is 0 Å². The molecule has 18 heavy (non-hydrogen) atoms. The van der Waals surface area contributed by atoms with E-state index in [-0.39, 0.29) is 0 Å². The first-order valence-electron chi connectivity index (χ1n) is 7.27. The average Bonchev–Trinajstić information content (AvgIpc) is 2.80. The van der Waals surface area contributed by atoms with Crippen LogP contribution in [-0.2, 0) is 6.54 Å². The summed E-state index contributed by atoms with van der Waals surface area (Å²) in [4.78, 5) is 2.60. The lowest BCUT2D eigenvalue weighted by Gasteiger charge is -2.17. The van der Waals surface area contributed by atoms with Crippen LogP contribution >= 0.6 is 0 Å². The molecule has 0 amide bonds. The summed E-state index contributed by atoms with van der Waals surface area (Å²) in [6.45, 7) is 10.4. The van der Waals surface area contributed by atoms with Crippen molar-refractivity contribution in [2.45, 2.75) is 33.2 Å². The smallest absolute Gasteiger partial charge is 0.0236 e. The maximum atomic E-state index is 3.55. The highest BCUT2D eigenvalue weighted by Crippen LogP contribution is 2.19. The van der Waals surface area contributed by atoms with E-state index in [4.69, 9.17) is 0 Å². The molecule has 0 aromatic heterocycles. The first-order valence-corrected chi connectivity index (χ1v) is 7.27. The third kappa shape index (κ3) is 3.82. The molecule has 1 saturated heterocycles. The van der Waals surface area contributed by atoms with E-state index in [0.717, 1.165) is 19.0 Å². The van der Waals surface area contributed by atoms with Gasteiger partial charge in [-0.25, -0.2) is 0 Å². The zero-order chi connectivity index (χ0) is 12.8. The van der Waals surface area contributed by atoms with E-state index in [1.807, 2.05) is 0 Å². The Balaban J connectivity index is 1.77. The lowest BCUT2D eigenvalue weighted by molar-refractivity contribution is 0.314. The van der Waals surface area contributed by atoms with Crippen LogP contribution in [0.4, 0.5) is 0 Å². The van der Waals surface area contributed by atoms with E-state index in [1.165, 1.54) is 43.6 Å². The van der Waals surface area contributed by atoms with Crippen LogP contribution in [0.5, 0.6) is 0 Å². The number of nitrogens with one attached hydrogen (secondary N) is 1. The largest absolute Gasteiger partial charge is 0.316 e. The maximum Gasteiger partial charge on any atom is 0.0236 e. The molecule has 100 valence electrons. The molecule has 1 aliphatic rings. The fourth-order valence-corrected chi connectivity index (χ4v) is 2.73. The van der Waals surface area contributed by atoms with Gasteiger partial charge in [-0.1, -0.05) is 31.2 Å². The van der Waals surface area contributed by atoms with Crippen molar-refractivity contribution in [1.29, 1.82) is 0 Å². The van der Waals surface area contributed by atoms with Crippen LogP contribution in [0, 0.1) is 12.8 Å². The molecule has 0 radical (unpaired) electrons. The summed E-state index contributed by atoms with van der Waals surface area (Å²) < 4.78 is 0. The number of hydrogen-bond donors (Lipinski definition) is 1. The molecule has 1 aliphatic heterocycles. The van der Waals surface area contributed by atoms with Crippen LogP contribution in [0.2, 0.25) is 0 Å². The van der Waals surface area contributed by atoms with Gasteiger partial charge in [-0.15, -0.1) is 0 Å². The third-order valence-electron chi connectivity index (χ3n) is 3.88. The van der Waals surface area contributed by atoms with E-state index in [1.54, 1.807) is 0 Å². The molecule has 0 bridgehead atoms. The molecule has 1 heterocycles. The van der Waals surface area contributed by atoms with Gasteiger partial charge >= 0.3 is 0 Å². The van der Waals surface area contributed by atoms with Crippen LogP contribution < -0.4 is 5.32 Å². The topological polar surface area (TPSA) is 15.3 Å². The Morgan fingerprint density at radius 2 is 2.17 bits per heavy atom. The number of aryl methyl sites for hydroxylation is 1. The first-order chi connectivity index (χ1) is 8.79. The van der Waals surface area contributed by atoms with Gasteiger partial charge in [0.2, 0.25) is 0 Å². The molecule has 1 aromatic rings. The quantitative estimate of drug-likeness (QED) is 0.777. The second-order valence-corrected chi connectivity index (χ2v) is 5.52. The molecule has 0 spiro atoms. The lowest BCUT2D eigenvalue weighted by atomic mass is 10.1. The second-order valence-electron chi connectivity index (χ2n) is 5.52. The van der Waals surface area contributed by atoms with Gasteiger partial charge in [0.1, 0.15) is 0 Å². The zero-order valence-electron chi connectivity index (χ0n) is 11.8. The molecule has 1 atom stereocenters. The monoisotopic (exact) mass is 246 g/mol. The minimum atomic E-state index is 0.848. The van der Waals surface area contributed by atoms with Crippen LogP contribution in [0.1, 0.15) is 30.9 Å². The Morgan fingerprint density at radius 1 is 1.33 bits per heavy atom. The highest BCUT2D eigenvalue weighted by molar-refractivity contribution is 5.25. The van der Waals surface area contributed by atoms with Crippen LogP contribution in [-0.4, -0.2) is 31.1 Å². The normalized spacial score (nSPS) is 20.4. The Kier molecular flexibility index (Phi) is 5.21. The SMILES string of the molecule is CCCNCC1CCN(Cc2ccccc2C)C1. The van der Waals surface area contributed by atoms with E-state index < -0.39 is 0 Å². The van der Waals surface area contributed by atoms with Crippen molar-refractivity contribution in [2.24, 2.45) is 5.92 Å². The summed E-state index contributed by atoms with van der Waals surface area (Å²) >= 11 is 0. The molecule has 2 nitrogen and oxygen atoms in total. The number of hydrogen-bond acceptors (Lipinski definition) is 2. The Bertz CT molecular complexity index is 362. The average molecular weight is 246 g/mol. The molecule has 0 aliphatic carbocycles. The van der Waals surface area contributed by atoms with Crippen molar-refractivity contribution < 1.29 is 0 Å². The Labute approximate surface area is 111 Å². The summed E-state index contributed by atoms with van der Waals surface area (Å²) in [5.74, 6) is 0.848. The van der Waals surface area contributed by atoms with Gasteiger partial charge in [-0.05, 0) is 56.4 Å². The zero-order valence-corrected chi connectivity index (χ0v) is 11.8. The van der Waals surface area contributed by atoms with Gasteiger partial charge in [0, 0.05) is 13.1 Å². The molecule has 1 N–H and O–H groups in total. The standard InChI is InChI=1S/C16H26N2/c1-3-9-17-11-15-8-10-18(12-15)13-16-7-5-4-6-14(16)2/h4-7,15,17H,3,8-13H2,1-2H3. The van der Waals surface area contributed by atoms with Gasteiger partial charge in [0.15, 0.2) is 0 Å². The number of nitrogens with zero attached hydrogens (tertiary/aromatic N) is 1. The summed E-state index contributed by atoms with van der Waals surface area (Å²) in [5.41, 5.74) is 2.91. The third-order valence-corrected chi connectivity index (χ3v) is 3.88. The minimum absolute atomic E-state index is 0.848. The highest BCUT2D eigenvalue weighted by atomic mass is 15.1. The van der Waals surface area contributed by atoms with Gasteiger partial charge < -0.3 is 5.32 Å². The van der Waals surface area contributed by atoms with E-state index >= 15 is 0 Å². The Morgan fingerprint density at radius 3 is 2.94 bits per heavy atom. The molecule has 1 aromatic carbocycles. The van der Waals surface area contributed by atoms with Gasteiger partial charge in [-0.3, -0.25) is 4.90 Å². The van der Waals surface area contributed by atoms with Crippen molar-refractivity contribution in [3.8, 4) is 0 Å². The molecule has 0 saturated carbocycles. The van der Waals surface area contributed by atoms with E-state index in [9.17, 15) is 0 Å². The molecule has 2 heteroatoms. The van der Waals surface area contributed by atoms with Crippen molar-refractivity contribution in [2.75, 3.05) is 26.2 Å². The van der Waals surface area contributed by atoms with Gasteiger partial charge in [0.05, 0.1) is 0 Å². The summed E-state index contributed by atoms with van der Waals surface area (Å²) in [6, 6.07) is 8.75. The summed E-state index contributed by atoms with van der Waals surface area (Å²) in [6.07, 6.45) is 2.59. The van der Waals surface area contributed by atoms with E-state index in [0.29, 0.717) is 0 Å². The molecule has 1 fully saturated rings. The highest BCUT2D eigenvalue weighted by Gasteiger charge is 2.22. The predicted octanol–water partition coefficient (Wildman–Crippen LogP) is 2.82. The predicted molar refractivity (Wildman–Crippen MR) is 77.7 cm³/mol. The van der Waals surface area contributed by atoms with Crippen molar-refractivity contribution in [3.63, 3.8) is 0 Å². The summed E-state index contributed by atoms with van der Waals surface area (Å²) in [7, 11) is 0. The molecular weight excluding hydrogens is 220 g/mol. The molecule has 2 rings (SSSR count). The number of benzene rings is 1. The van der Waals surface area contributed by atoms with Gasteiger partial charge in [0.25, 0.3) is 0 Å². The first kappa shape index (κ1) is 13.6. The van der Waals surface area contributed by atoms with Crippen molar-refractivity contribution in [3.05, 3.63) is 35.4 Å².